The summed E-state index contributed by atoms with van der Waals surface area (Å²) in [5.41, 5.74) is 0. The van der Waals surface area contributed by atoms with Crippen LogP contribution in [0.2, 0.25) is 0 Å². The fourth-order valence-corrected chi connectivity index (χ4v) is 3.41. The lowest BCUT2D eigenvalue weighted by molar-refractivity contribution is 0.461. The molecule has 1 nitrogen and oxygen atoms in total. The first-order valence-corrected chi connectivity index (χ1v) is 5.89. The summed E-state index contributed by atoms with van der Waals surface area (Å²) in [4.78, 5) is 4.79. The van der Waals surface area contributed by atoms with Crippen LogP contribution in [0.5, 0.6) is 0 Å². The standard InChI is InChI=1S/C10H17NS/c1-7(2)10-11-8-5-3-4-6-9(8)12-10/h7-9H,3-6H2,1-2H3. The van der Waals surface area contributed by atoms with E-state index in [2.05, 4.69) is 25.6 Å². The fraction of sp³-hybridized carbons (Fsp3) is 0.900. The maximum Gasteiger partial charge on any atom is 0.0708 e. The van der Waals surface area contributed by atoms with Crippen molar-refractivity contribution >= 4 is 16.8 Å². The Morgan fingerprint density at radius 3 is 2.75 bits per heavy atom. The molecule has 0 saturated heterocycles. The van der Waals surface area contributed by atoms with E-state index in [1.54, 1.807) is 0 Å². The molecule has 1 heterocycles. The summed E-state index contributed by atoms with van der Waals surface area (Å²) in [6.45, 7) is 4.51. The van der Waals surface area contributed by atoms with Gasteiger partial charge in [0.25, 0.3) is 0 Å². The maximum atomic E-state index is 4.79. The van der Waals surface area contributed by atoms with E-state index < -0.39 is 0 Å². The summed E-state index contributed by atoms with van der Waals surface area (Å²) in [5, 5.41) is 2.25. The van der Waals surface area contributed by atoms with E-state index in [0.717, 1.165) is 5.25 Å². The van der Waals surface area contributed by atoms with Gasteiger partial charge >= 0.3 is 0 Å². The van der Waals surface area contributed by atoms with E-state index >= 15 is 0 Å². The predicted octanol–water partition coefficient (Wildman–Crippen LogP) is 3.10. The molecule has 0 spiro atoms. The highest BCUT2D eigenvalue weighted by Crippen LogP contribution is 2.38. The highest BCUT2D eigenvalue weighted by molar-refractivity contribution is 8.14. The van der Waals surface area contributed by atoms with Crippen molar-refractivity contribution in [2.24, 2.45) is 10.9 Å². The van der Waals surface area contributed by atoms with E-state index in [-0.39, 0.29) is 0 Å². The summed E-state index contributed by atoms with van der Waals surface area (Å²) in [6, 6.07) is 0.682. The summed E-state index contributed by atoms with van der Waals surface area (Å²) in [5.74, 6) is 0.653. The van der Waals surface area contributed by atoms with Crippen LogP contribution in [0.15, 0.2) is 4.99 Å². The second-order valence-electron chi connectivity index (χ2n) is 4.13. The molecule has 0 N–H and O–H groups in total. The SMILES string of the molecule is CC(C)C1=NC2CCCCC2S1. The van der Waals surface area contributed by atoms with Gasteiger partial charge in [0.05, 0.1) is 11.1 Å². The summed E-state index contributed by atoms with van der Waals surface area (Å²) in [7, 11) is 0. The fourth-order valence-electron chi connectivity index (χ4n) is 2.00. The molecule has 0 aromatic carbocycles. The van der Waals surface area contributed by atoms with Crippen LogP contribution in [0, 0.1) is 5.92 Å². The van der Waals surface area contributed by atoms with Crippen LogP contribution in [0.3, 0.4) is 0 Å². The number of nitrogens with zero attached hydrogens (tertiary/aromatic N) is 1. The number of thioether (sulfide) groups is 1. The Kier molecular flexibility index (Phi) is 2.44. The normalized spacial score (nSPS) is 35.1. The second kappa shape index (κ2) is 3.41. The van der Waals surface area contributed by atoms with Gasteiger partial charge in [-0.2, -0.15) is 0 Å². The van der Waals surface area contributed by atoms with Gasteiger partial charge in [0, 0.05) is 11.2 Å². The van der Waals surface area contributed by atoms with Crippen LogP contribution in [0.25, 0.3) is 0 Å². The molecule has 2 heteroatoms. The molecule has 0 bridgehead atoms. The molecule has 68 valence electrons. The lowest BCUT2D eigenvalue weighted by Crippen LogP contribution is -2.21. The first-order valence-electron chi connectivity index (χ1n) is 5.01. The van der Waals surface area contributed by atoms with Crippen molar-refractivity contribution in [3.63, 3.8) is 0 Å². The van der Waals surface area contributed by atoms with Gasteiger partial charge in [-0.1, -0.05) is 26.7 Å². The summed E-state index contributed by atoms with van der Waals surface area (Å²) >= 11 is 2.05. The number of aliphatic imine (C=N–C) groups is 1. The Balaban J connectivity index is 2.04. The molecule has 0 radical (unpaired) electrons. The molecular formula is C10H17NS. The van der Waals surface area contributed by atoms with Crippen molar-refractivity contribution in [2.45, 2.75) is 50.8 Å². The summed E-state index contributed by atoms with van der Waals surface area (Å²) in [6.07, 6.45) is 5.56. The monoisotopic (exact) mass is 183 g/mol. The molecule has 1 saturated carbocycles. The smallest absolute Gasteiger partial charge is 0.0708 e. The van der Waals surface area contributed by atoms with Crippen molar-refractivity contribution in [1.29, 1.82) is 0 Å². The van der Waals surface area contributed by atoms with Crippen LogP contribution in [0.1, 0.15) is 39.5 Å². The van der Waals surface area contributed by atoms with Gasteiger partial charge in [0.15, 0.2) is 0 Å². The predicted molar refractivity (Wildman–Crippen MR) is 55.9 cm³/mol. The lowest BCUT2D eigenvalue weighted by atomic mass is 9.95. The van der Waals surface area contributed by atoms with Crippen LogP contribution >= 0.6 is 11.8 Å². The minimum atomic E-state index is 0.653. The van der Waals surface area contributed by atoms with Crippen LogP contribution in [-0.4, -0.2) is 16.3 Å². The first kappa shape index (κ1) is 8.61. The molecule has 1 fully saturated rings. The van der Waals surface area contributed by atoms with E-state index in [4.69, 9.17) is 4.99 Å². The van der Waals surface area contributed by atoms with Gasteiger partial charge in [-0.25, -0.2) is 0 Å². The number of hydrogen-bond donors (Lipinski definition) is 0. The number of hydrogen-bond acceptors (Lipinski definition) is 2. The van der Waals surface area contributed by atoms with E-state index in [9.17, 15) is 0 Å². The maximum absolute atomic E-state index is 4.79. The van der Waals surface area contributed by atoms with Crippen molar-refractivity contribution in [2.75, 3.05) is 0 Å². The zero-order valence-electron chi connectivity index (χ0n) is 7.92. The van der Waals surface area contributed by atoms with E-state index in [1.807, 2.05) is 0 Å². The molecule has 2 unspecified atom stereocenters. The minimum absolute atomic E-state index is 0.653. The highest BCUT2D eigenvalue weighted by Gasteiger charge is 2.32. The molecule has 0 aromatic rings. The Hall–Kier alpha value is 0.0200. The Morgan fingerprint density at radius 2 is 2.08 bits per heavy atom. The molecule has 0 amide bonds. The largest absolute Gasteiger partial charge is 0.278 e. The highest BCUT2D eigenvalue weighted by atomic mass is 32.2. The Labute approximate surface area is 79.0 Å². The van der Waals surface area contributed by atoms with Crippen molar-refractivity contribution in [3.05, 3.63) is 0 Å². The lowest BCUT2D eigenvalue weighted by Gasteiger charge is -2.21. The Morgan fingerprint density at radius 1 is 1.33 bits per heavy atom. The molecule has 1 aliphatic carbocycles. The number of rotatable bonds is 1. The molecule has 2 atom stereocenters. The van der Waals surface area contributed by atoms with Crippen molar-refractivity contribution < 1.29 is 0 Å². The zero-order chi connectivity index (χ0) is 8.55. The van der Waals surface area contributed by atoms with Crippen LogP contribution in [0.4, 0.5) is 0 Å². The van der Waals surface area contributed by atoms with Crippen molar-refractivity contribution in [3.8, 4) is 0 Å². The van der Waals surface area contributed by atoms with Gasteiger partial charge in [-0.3, -0.25) is 4.99 Å². The second-order valence-corrected chi connectivity index (χ2v) is 5.39. The zero-order valence-corrected chi connectivity index (χ0v) is 8.73. The molecule has 0 aromatic heterocycles. The van der Waals surface area contributed by atoms with Crippen LogP contribution in [-0.2, 0) is 0 Å². The third kappa shape index (κ3) is 1.54. The van der Waals surface area contributed by atoms with Gasteiger partial charge in [0.2, 0.25) is 0 Å². The van der Waals surface area contributed by atoms with E-state index in [1.165, 1.54) is 30.7 Å². The van der Waals surface area contributed by atoms with Crippen LogP contribution < -0.4 is 0 Å². The Bertz CT molecular complexity index is 198. The average Bonchev–Trinajstić information content (AvgIpc) is 2.46. The third-order valence-electron chi connectivity index (χ3n) is 2.73. The van der Waals surface area contributed by atoms with Gasteiger partial charge in [-0.15, -0.1) is 11.8 Å². The number of fused-ring (bicyclic) bond motifs is 1. The topological polar surface area (TPSA) is 12.4 Å². The van der Waals surface area contributed by atoms with Crippen molar-refractivity contribution in [1.82, 2.24) is 0 Å². The van der Waals surface area contributed by atoms with Gasteiger partial charge in [0.1, 0.15) is 0 Å². The van der Waals surface area contributed by atoms with Gasteiger partial charge < -0.3 is 0 Å². The average molecular weight is 183 g/mol. The molecular weight excluding hydrogens is 166 g/mol. The van der Waals surface area contributed by atoms with Gasteiger partial charge in [-0.05, 0) is 12.8 Å². The third-order valence-corrected chi connectivity index (χ3v) is 4.40. The molecule has 12 heavy (non-hydrogen) atoms. The minimum Gasteiger partial charge on any atom is -0.278 e. The molecule has 1 aliphatic heterocycles. The summed E-state index contributed by atoms with van der Waals surface area (Å²) < 4.78 is 0. The van der Waals surface area contributed by atoms with E-state index in [0.29, 0.717) is 12.0 Å². The molecule has 2 rings (SSSR count). The quantitative estimate of drug-likeness (QED) is 0.608. The first-order chi connectivity index (χ1) is 5.77. The molecule has 2 aliphatic rings.